The molecular formula is C25H33N7O3. The molecule has 0 radical (unpaired) electrons. The fourth-order valence-corrected chi connectivity index (χ4v) is 5.94. The second kappa shape index (κ2) is 8.91. The normalized spacial score (nSPS) is 24.0. The summed E-state index contributed by atoms with van der Waals surface area (Å²) >= 11 is 0. The highest BCUT2D eigenvalue weighted by atomic mass is 16.5. The summed E-state index contributed by atoms with van der Waals surface area (Å²) in [7, 11) is 0. The number of ether oxygens (including phenoxy) is 1. The third-order valence-corrected chi connectivity index (χ3v) is 8.06. The highest BCUT2D eigenvalue weighted by Gasteiger charge is 2.59. The molecule has 1 unspecified atom stereocenters. The van der Waals surface area contributed by atoms with Gasteiger partial charge in [0.25, 0.3) is 5.91 Å². The minimum atomic E-state index is -0.313. The number of rotatable bonds is 4. The van der Waals surface area contributed by atoms with Crippen molar-refractivity contribution in [1.82, 2.24) is 29.9 Å². The van der Waals surface area contributed by atoms with Gasteiger partial charge in [-0.1, -0.05) is 6.07 Å². The molecule has 0 bridgehead atoms. The minimum absolute atomic E-state index is 0.0901. The Morgan fingerprint density at radius 2 is 2.06 bits per heavy atom. The van der Waals surface area contributed by atoms with Gasteiger partial charge in [0, 0.05) is 57.2 Å². The molecule has 1 saturated carbocycles. The number of aromatic nitrogens is 3. The molecule has 1 spiro atoms. The number of amides is 3. The molecule has 10 nitrogen and oxygen atoms in total. The SMILES string of the molecule is CC1CN(CC2CCOCC2)CCN1C(=O)N1Cc2c(NC(=O)c3ccccn3)n[nH]c2C12CC2. The number of piperazine rings is 1. The number of aromatic amines is 1. The Balaban J connectivity index is 1.12. The fraction of sp³-hybridized carbons (Fsp3) is 0.600. The Morgan fingerprint density at radius 1 is 1.23 bits per heavy atom. The van der Waals surface area contributed by atoms with Crippen LogP contribution >= 0.6 is 0 Å². The summed E-state index contributed by atoms with van der Waals surface area (Å²) in [6.07, 6.45) is 5.69. The van der Waals surface area contributed by atoms with Gasteiger partial charge in [0.1, 0.15) is 5.69 Å². The first-order valence-electron chi connectivity index (χ1n) is 12.7. The van der Waals surface area contributed by atoms with E-state index in [2.05, 4.69) is 32.3 Å². The molecule has 10 heteroatoms. The molecule has 186 valence electrons. The molecule has 5 heterocycles. The predicted molar refractivity (Wildman–Crippen MR) is 129 cm³/mol. The molecule has 3 aliphatic heterocycles. The van der Waals surface area contributed by atoms with Crippen molar-refractivity contribution in [2.24, 2.45) is 5.92 Å². The minimum Gasteiger partial charge on any atom is -0.381 e. The lowest BCUT2D eigenvalue weighted by Gasteiger charge is -2.43. The van der Waals surface area contributed by atoms with Crippen LogP contribution in [-0.2, 0) is 16.8 Å². The quantitative estimate of drug-likeness (QED) is 0.698. The van der Waals surface area contributed by atoms with Gasteiger partial charge in [-0.15, -0.1) is 0 Å². The number of anilines is 1. The van der Waals surface area contributed by atoms with Crippen molar-refractivity contribution in [3.05, 3.63) is 41.3 Å². The van der Waals surface area contributed by atoms with Crippen molar-refractivity contribution in [3.63, 3.8) is 0 Å². The van der Waals surface area contributed by atoms with Crippen molar-refractivity contribution in [2.45, 2.75) is 50.7 Å². The zero-order valence-electron chi connectivity index (χ0n) is 20.2. The number of hydrogen-bond acceptors (Lipinski definition) is 6. The molecule has 3 fully saturated rings. The standard InChI is InChI=1S/C25H33N7O3/c1-17-14-30(15-18-5-12-35-13-6-18)10-11-31(17)24(34)32-16-19-21(25(32)7-8-25)28-29-22(19)27-23(33)20-4-2-3-9-26-20/h2-4,9,17-18H,5-8,10-16H2,1H3,(H2,27,28,29,33). The summed E-state index contributed by atoms with van der Waals surface area (Å²) in [6.45, 7) is 8.00. The van der Waals surface area contributed by atoms with Crippen LogP contribution in [0.4, 0.5) is 10.6 Å². The van der Waals surface area contributed by atoms with Crippen molar-refractivity contribution in [1.29, 1.82) is 0 Å². The third-order valence-electron chi connectivity index (χ3n) is 8.06. The van der Waals surface area contributed by atoms with Crippen molar-refractivity contribution >= 4 is 17.8 Å². The Labute approximate surface area is 205 Å². The zero-order chi connectivity index (χ0) is 24.0. The molecule has 1 aliphatic carbocycles. The van der Waals surface area contributed by atoms with Crippen LogP contribution in [-0.4, -0.2) is 87.3 Å². The van der Waals surface area contributed by atoms with Gasteiger partial charge in [-0.05, 0) is 50.7 Å². The molecule has 2 aromatic heterocycles. The Hall–Kier alpha value is -2.98. The molecule has 2 aromatic rings. The summed E-state index contributed by atoms with van der Waals surface area (Å²) in [5.41, 5.74) is 1.90. The number of fused-ring (bicyclic) bond motifs is 2. The number of H-pyrrole nitrogens is 1. The second-order valence-corrected chi connectivity index (χ2v) is 10.4. The lowest BCUT2D eigenvalue weighted by molar-refractivity contribution is 0.0317. The van der Waals surface area contributed by atoms with Gasteiger partial charge in [-0.2, -0.15) is 5.10 Å². The highest BCUT2D eigenvalue weighted by Crippen LogP contribution is 2.57. The van der Waals surface area contributed by atoms with Crippen LogP contribution < -0.4 is 5.32 Å². The van der Waals surface area contributed by atoms with E-state index in [9.17, 15) is 9.59 Å². The van der Waals surface area contributed by atoms with E-state index in [1.165, 1.54) is 0 Å². The molecular weight excluding hydrogens is 446 g/mol. The number of nitrogens with zero attached hydrogens (tertiary/aromatic N) is 5. The molecule has 2 N–H and O–H groups in total. The van der Waals surface area contributed by atoms with Gasteiger partial charge in [0.2, 0.25) is 0 Å². The largest absolute Gasteiger partial charge is 0.381 e. The van der Waals surface area contributed by atoms with E-state index in [0.717, 1.165) is 76.3 Å². The van der Waals surface area contributed by atoms with Crippen molar-refractivity contribution < 1.29 is 14.3 Å². The van der Waals surface area contributed by atoms with E-state index >= 15 is 0 Å². The maximum absolute atomic E-state index is 13.8. The third kappa shape index (κ3) is 4.08. The topological polar surface area (TPSA) is 107 Å². The van der Waals surface area contributed by atoms with Crippen LogP contribution in [0.5, 0.6) is 0 Å². The number of nitrogens with one attached hydrogen (secondary N) is 2. The van der Waals surface area contributed by atoms with Gasteiger partial charge in [0.15, 0.2) is 5.82 Å². The first-order valence-corrected chi connectivity index (χ1v) is 12.7. The van der Waals surface area contributed by atoms with Crippen LogP contribution in [0.25, 0.3) is 0 Å². The van der Waals surface area contributed by atoms with E-state index in [1.807, 2.05) is 9.80 Å². The molecule has 0 aromatic carbocycles. The number of carbonyl (C=O) groups is 2. The average Bonchev–Trinajstić information content (AvgIpc) is 3.48. The van der Waals surface area contributed by atoms with E-state index in [1.54, 1.807) is 24.4 Å². The predicted octanol–water partition coefficient (Wildman–Crippen LogP) is 2.41. The Morgan fingerprint density at radius 3 is 2.77 bits per heavy atom. The Bertz CT molecular complexity index is 1090. The molecule has 4 aliphatic rings. The van der Waals surface area contributed by atoms with Crippen LogP contribution in [0, 0.1) is 5.92 Å². The molecule has 1 atom stereocenters. The van der Waals surface area contributed by atoms with Gasteiger partial charge < -0.3 is 19.9 Å². The number of carbonyl (C=O) groups excluding carboxylic acids is 2. The van der Waals surface area contributed by atoms with E-state index < -0.39 is 0 Å². The van der Waals surface area contributed by atoms with Gasteiger partial charge in [-0.3, -0.25) is 19.8 Å². The van der Waals surface area contributed by atoms with Crippen LogP contribution in [0.3, 0.4) is 0 Å². The number of urea groups is 1. The highest BCUT2D eigenvalue weighted by molar-refractivity contribution is 6.02. The van der Waals surface area contributed by atoms with Crippen LogP contribution in [0.15, 0.2) is 24.4 Å². The summed E-state index contributed by atoms with van der Waals surface area (Å²) in [5.74, 6) is 0.888. The monoisotopic (exact) mass is 479 g/mol. The van der Waals surface area contributed by atoms with Gasteiger partial charge in [0.05, 0.1) is 17.8 Å². The maximum Gasteiger partial charge on any atom is 0.321 e. The van der Waals surface area contributed by atoms with Crippen molar-refractivity contribution in [3.8, 4) is 0 Å². The lowest BCUT2D eigenvalue weighted by atomic mass is 9.99. The fourth-order valence-electron chi connectivity index (χ4n) is 5.94. The average molecular weight is 480 g/mol. The smallest absolute Gasteiger partial charge is 0.321 e. The van der Waals surface area contributed by atoms with Crippen LogP contribution in [0.1, 0.15) is 54.4 Å². The number of hydrogen-bond donors (Lipinski definition) is 2. The van der Waals surface area contributed by atoms with Gasteiger partial charge in [-0.25, -0.2) is 4.79 Å². The first kappa shape index (κ1) is 22.5. The summed E-state index contributed by atoms with van der Waals surface area (Å²) in [6, 6.07) is 5.47. The maximum atomic E-state index is 13.8. The Kier molecular flexibility index (Phi) is 5.72. The molecule has 6 rings (SSSR count). The van der Waals surface area contributed by atoms with Gasteiger partial charge >= 0.3 is 6.03 Å². The summed E-state index contributed by atoms with van der Waals surface area (Å²) in [4.78, 5) is 37.1. The van der Waals surface area contributed by atoms with E-state index in [4.69, 9.17) is 4.74 Å². The van der Waals surface area contributed by atoms with Crippen LogP contribution in [0.2, 0.25) is 0 Å². The zero-order valence-corrected chi connectivity index (χ0v) is 20.2. The first-order chi connectivity index (χ1) is 17.0. The van der Waals surface area contributed by atoms with E-state index in [-0.39, 0.29) is 23.5 Å². The molecule has 35 heavy (non-hydrogen) atoms. The molecule has 3 amide bonds. The summed E-state index contributed by atoms with van der Waals surface area (Å²) < 4.78 is 5.50. The van der Waals surface area contributed by atoms with E-state index in [0.29, 0.717) is 24.0 Å². The summed E-state index contributed by atoms with van der Waals surface area (Å²) in [5, 5.41) is 10.4. The van der Waals surface area contributed by atoms with Crippen molar-refractivity contribution in [2.75, 3.05) is 44.7 Å². The number of pyridine rings is 1. The molecule has 2 saturated heterocycles. The second-order valence-electron chi connectivity index (χ2n) is 10.4. The lowest BCUT2D eigenvalue weighted by Crippen LogP contribution is -2.58.